The summed E-state index contributed by atoms with van der Waals surface area (Å²) in [5.41, 5.74) is -0.483. The molecule has 3 aliphatic heterocycles. The highest BCUT2D eigenvalue weighted by molar-refractivity contribution is 6.04. The summed E-state index contributed by atoms with van der Waals surface area (Å²) in [4.78, 5) is 34.2. The van der Waals surface area contributed by atoms with Crippen molar-refractivity contribution in [3.63, 3.8) is 0 Å². The smallest absolute Gasteiger partial charge is 0.319 e. The Hall–Kier alpha value is -5.78. The number of fused-ring (bicyclic) bond motifs is 5. The molecule has 0 radical (unpaired) electrons. The van der Waals surface area contributed by atoms with Crippen LogP contribution in [0.3, 0.4) is 0 Å². The molecule has 5 aliphatic rings. The largest absolute Gasteiger partial charge is 0.508 e. The minimum absolute atomic E-state index is 0.00618. The molecule has 56 heavy (non-hydrogen) atoms. The van der Waals surface area contributed by atoms with Gasteiger partial charge in [0.1, 0.15) is 34.0 Å². The molecule has 4 aromatic rings. The van der Waals surface area contributed by atoms with Crippen LogP contribution in [0.2, 0.25) is 0 Å². The lowest BCUT2D eigenvalue weighted by molar-refractivity contribution is -0.138. The molecule has 1 N–H and O–H groups in total. The molecule has 1 amide bonds. The average molecular weight is 759 g/mol. The lowest BCUT2D eigenvalue weighted by Crippen LogP contribution is -2.57. The minimum Gasteiger partial charge on any atom is -0.508 e. The van der Waals surface area contributed by atoms with Crippen LogP contribution >= 0.6 is 0 Å². The van der Waals surface area contributed by atoms with Gasteiger partial charge in [0.2, 0.25) is 11.8 Å². The fourth-order valence-corrected chi connectivity index (χ4v) is 9.43. The Morgan fingerprint density at radius 3 is 2.39 bits per heavy atom. The summed E-state index contributed by atoms with van der Waals surface area (Å²) in [5.74, 6) is 1.65. The molecule has 5 heterocycles. The number of benzene rings is 2. The molecule has 2 bridgehead atoms. The third-order valence-corrected chi connectivity index (χ3v) is 12.5. The van der Waals surface area contributed by atoms with E-state index in [-0.39, 0.29) is 87.0 Å². The summed E-state index contributed by atoms with van der Waals surface area (Å²) in [6, 6.07) is 8.96. The number of carbonyl (C=O) groups excluding carboxylic acids is 1. The number of likely N-dealkylation sites (tertiary alicyclic amines) is 1. The van der Waals surface area contributed by atoms with E-state index in [0.29, 0.717) is 43.7 Å². The predicted molar refractivity (Wildman–Crippen MR) is 201 cm³/mol. The lowest BCUT2D eigenvalue weighted by Gasteiger charge is -2.42. The Bertz CT molecular complexity index is 2380. The van der Waals surface area contributed by atoms with Crippen LogP contribution in [-0.4, -0.2) is 94.3 Å². The van der Waals surface area contributed by atoms with Crippen LogP contribution in [0.4, 0.5) is 14.6 Å². The molecular formula is C42H40F2N8O4. The van der Waals surface area contributed by atoms with Crippen molar-refractivity contribution >= 4 is 33.4 Å². The third-order valence-electron chi connectivity index (χ3n) is 12.5. The van der Waals surface area contributed by atoms with Gasteiger partial charge in [-0.2, -0.15) is 20.5 Å². The number of anilines is 1. The molecule has 12 nitrogen and oxygen atoms in total. The number of methoxy groups -OCH3 is 1. The normalized spacial score (nSPS) is 23.2. The monoisotopic (exact) mass is 758 g/mol. The minimum atomic E-state index is -0.863. The zero-order chi connectivity index (χ0) is 38.9. The highest BCUT2D eigenvalue weighted by Gasteiger charge is 2.51. The number of phenolic OH excluding ortho intramolecular Hbond substituents is 1. The maximum absolute atomic E-state index is 17.3. The van der Waals surface area contributed by atoms with Crippen LogP contribution in [-0.2, 0) is 4.79 Å². The van der Waals surface area contributed by atoms with Crippen molar-refractivity contribution in [3.05, 3.63) is 41.5 Å². The summed E-state index contributed by atoms with van der Waals surface area (Å²) in [5, 5.41) is 30.3. The molecule has 2 aliphatic carbocycles. The number of pyridine rings is 1. The average Bonchev–Trinajstić information content (AvgIpc) is 4.08. The van der Waals surface area contributed by atoms with Gasteiger partial charge in [-0.05, 0) is 67.5 Å². The van der Waals surface area contributed by atoms with E-state index in [0.717, 1.165) is 44.3 Å². The van der Waals surface area contributed by atoms with Crippen molar-refractivity contribution in [1.29, 1.82) is 10.5 Å². The molecule has 4 unspecified atom stereocenters. The van der Waals surface area contributed by atoms with Gasteiger partial charge in [0.25, 0.3) is 0 Å². The van der Waals surface area contributed by atoms with Gasteiger partial charge < -0.3 is 29.3 Å². The number of phenols is 1. The third kappa shape index (κ3) is 6.15. The molecule has 286 valence electrons. The Labute approximate surface area is 322 Å². The molecule has 14 heteroatoms. The van der Waals surface area contributed by atoms with Crippen LogP contribution < -0.4 is 14.4 Å². The molecule has 0 spiro atoms. The second-order valence-corrected chi connectivity index (χ2v) is 16.2. The maximum Gasteiger partial charge on any atom is 0.319 e. The van der Waals surface area contributed by atoms with Crippen molar-refractivity contribution in [2.45, 2.75) is 57.0 Å². The number of aromatic nitrogens is 3. The van der Waals surface area contributed by atoms with E-state index >= 15 is 8.78 Å². The Balaban J connectivity index is 1.14. The number of amides is 1. The van der Waals surface area contributed by atoms with Crippen molar-refractivity contribution in [2.75, 3.05) is 51.3 Å². The number of ether oxygens (including phenoxy) is 2. The highest BCUT2D eigenvalue weighted by Crippen LogP contribution is 2.51. The quantitative estimate of drug-likeness (QED) is 0.192. The van der Waals surface area contributed by atoms with Gasteiger partial charge in [-0.3, -0.25) is 4.79 Å². The number of rotatable bonds is 11. The van der Waals surface area contributed by atoms with Crippen LogP contribution in [0.25, 0.3) is 32.9 Å². The first-order chi connectivity index (χ1) is 27.1. The zero-order valence-corrected chi connectivity index (χ0v) is 31.0. The topological polar surface area (TPSA) is 152 Å². The Kier molecular flexibility index (Phi) is 8.82. The molecular weight excluding hydrogens is 719 g/mol. The summed E-state index contributed by atoms with van der Waals surface area (Å²) in [6.07, 6.45) is 10.4. The first-order valence-electron chi connectivity index (χ1n) is 19.2. The van der Waals surface area contributed by atoms with Crippen LogP contribution in [0.5, 0.6) is 17.6 Å². The fraction of sp³-hybridized carbons (Fsp3) is 0.476. The molecule has 2 saturated carbocycles. The number of carbonyl (C=O) groups is 1. The van der Waals surface area contributed by atoms with Crippen molar-refractivity contribution in [3.8, 4) is 53.4 Å². The van der Waals surface area contributed by atoms with Crippen molar-refractivity contribution in [2.24, 2.45) is 23.2 Å². The highest BCUT2D eigenvalue weighted by atomic mass is 19.1. The van der Waals surface area contributed by atoms with Gasteiger partial charge in [-0.1, -0.05) is 12.0 Å². The summed E-state index contributed by atoms with van der Waals surface area (Å²) < 4.78 is 44.7. The van der Waals surface area contributed by atoms with E-state index in [1.807, 2.05) is 21.9 Å². The predicted octanol–water partition coefficient (Wildman–Crippen LogP) is 5.55. The number of hydrogen-bond acceptors (Lipinski definition) is 11. The number of halogens is 2. The first kappa shape index (κ1) is 35.9. The van der Waals surface area contributed by atoms with Crippen molar-refractivity contribution < 1.29 is 28.2 Å². The van der Waals surface area contributed by atoms with Crippen molar-refractivity contribution in [1.82, 2.24) is 24.8 Å². The van der Waals surface area contributed by atoms with E-state index < -0.39 is 17.6 Å². The van der Waals surface area contributed by atoms with Gasteiger partial charge in [0, 0.05) is 74.0 Å². The van der Waals surface area contributed by atoms with Crippen LogP contribution in [0.1, 0.15) is 50.5 Å². The van der Waals surface area contributed by atoms with E-state index in [9.17, 15) is 20.4 Å². The fourth-order valence-electron chi connectivity index (χ4n) is 9.43. The number of nitrogens with zero attached hydrogens (tertiary/aromatic N) is 8. The number of piperazine rings is 1. The van der Waals surface area contributed by atoms with E-state index in [1.54, 1.807) is 0 Å². The first-order valence-corrected chi connectivity index (χ1v) is 19.2. The van der Waals surface area contributed by atoms with Gasteiger partial charge in [-0.25, -0.2) is 13.8 Å². The number of hydrogen-bond donors (Lipinski definition) is 1. The molecule has 2 aromatic carbocycles. The zero-order valence-electron chi connectivity index (χ0n) is 31.0. The van der Waals surface area contributed by atoms with Crippen LogP contribution in [0.15, 0.2) is 24.3 Å². The second kappa shape index (κ2) is 13.8. The number of nitriles is 2. The summed E-state index contributed by atoms with van der Waals surface area (Å²) in [7, 11) is 1.40. The molecule has 2 aromatic heterocycles. The van der Waals surface area contributed by atoms with Crippen LogP contribution in [0, 0.1) is 69.8 Å². The Morgan fingerprint density at radius 2 is 1.75 bits per heavy atom. The standard InChI is InChI=1S/C42H40F2N8O4/c1-3-30-32(43)7-4-24-15-29(53)16-31(33(24)30)36-35(44)37-34(39(47-36)55-2)38(49-41(48-37)56-22-42(10-11-42)21-50-17-25-14-26(25)18-50)51-19-27-5-6-28(20-51)52(27)40(54)23(8-12-45)9-13-46/h1,4,7,15-16,23,25-28,53H,5-6,8-11,14,17-22H2,2H3. The van der Waals surface area contributed by atoms with E-state index in [1.165, 1.54) is 37.8 Å². The summed E-state index contributed by atoms with van der Waals surface area (Å²) in [6.45, 7) is 4.19. The van der Waals surface area contributed by atoms with E-state index in [4.69, 9.17) is 20.9 Å². The molecule has 9 rings (SSSR count). The van der Waals surface area contributed by atoms with Gasteiger partial charge in [0.15, 0.2) is 5.82 Å². The summed E-state index contributed by atoms with van der Waals surface area (Å²) >= 11 is 0. The number of aromatic hydroxyl groups is 1. The lowest BCUT2D eigenvalue weighted by atomic mass is 9.95. The number of terminal acetylenes is 1. The second-order valence-electron chi connectivity index (χ2n) is 16.2. The molecule has 5 fully saturated rings. The van der Waals surface area contributed by atoms with Gasteiger partial charge in [-0.15, -0.1) is 6.42 Å². The Morgan fingerprint density at radius 1 is 1.04 bits per heavy atom. The SMILES string of the molecule is C#Cc1c(F)ccc2cc(O)cc(-c3nc(OC)c4c(N5CC6CCC(C5)N6C(=O)C(CC#N)CC#N)nc(OCC5(CN6CC7CC7C6)CC5)nc4c3F)c12. The van der Waals surface area contributed by atoms with Gasteiger partial charge >= 0.3 is 6.01 Å². The molecule has 4 atom stereocenters. The molecule has 3 saturated heterocycles. The maximum atomic E-state index is 17.3. The van der Waals surface area contributed by atoms with E-state index in [2.05, 4.69) is 20.8 Å². The number of piperidine rings is 1. The van der Waals surface area contributed by atoms with Gasteiger partial charge in [0.05, 0.1) is 37.3 Å².